The zero-order valence-electron chi connectivity index (χ0n) is 13.1. The number of hydrogen-bond donors (Lipinski definition) is 2. The summed E-state index contributed by atoms with van der Waals surface area (Å²) in [5.41, 5.74) is 7.91. The largest absolute Gasteiger partial charge is 0.497 e. The SMILES string of the molecule is C=Cc1nccc(C(=O)NCc2ccc(OC)cc2OC)c1N. The normalized spacial score (nSPS) is 10.0. The molecule has 2 rings (SSSR count). The number of rotatable bonds is 6. The summed E-state index contributed by atoms with van der Waals surface area (Å²) in [6.07, 6.45) is 3.04. The Kier molecular flexibility index (Phi) is 5.19. The van der Waals surface area contributed by atoms with E-state index < -0.39 is 0 Å². The number of ether oxygens (including phenoxy) is 2. The molecule has 0 fully saturated rings. The second-order valence-corrected chi connectivity index (χ2v) is 4.72. The number of hydrogen-bond acceptors (Lipinski definition) is 5. The van der Waals surface area contributed by atoms with E-state index in [-0.39, 0.29) is 5.91 Å². The van der Waals surface area contributed by atoms with E-state index in [1.807, 2.05) is 6.07 Å². The minimum atomic E-state index is -0.286. The molecule has 0 saturated carbocycles. The molecule has 0 radical (unpaired) electrons. The molecule has 6 nitrogen and oxygen atoms in total. The molecule has 1 aromatic carbocycles. The number of benzene rings is 1. The van der Waals surface area contributed by atoms with Crippen molar-refractivity contribution in [3.05, 3.63) is 53.9 Å². The molecule has 1 heterocycles. The number of carbonyl (C=O) groups is 1. The Balaban J connectivity index is 2.15. The zero-order valence-corrected chi connectivity index (χ0v) is 13.1. The fourth-order valence-corrected chi connectivity index (χ4v) is 2.12. The maximum absolute atomic E-state index is 12.3. The molecule has 0 bridgehead atoms. The third-order valence-corrected chi connectivity index (χ3v) is 3.39. The lowest BCUT2D eigenvalue weighted by molar-refractivity contribution is 0.0951. The summed E-state index contributed by atoms with van der Waals surface area (Å²) >= 11 is 0. The van der Waals surface area contributed by atoms with Crippen molar-refractivity contribution in [1.29, 1.82) is 0 Å². The highest BCUT2D eigenvalue weighted by atomic mass is 16.5. The minimum Gasteiger partial charge on any atom is -0.497 e. The van der Waals surface area contributed by atoms with Gasteiger partial charge in [-0.15, -0.1) is 0 Å². The topological polar surface area (TPSA) is 86.5 Å². The molecule has 6 heteroatoms. The Morgan fingerprint density at radius 2 is 2.13 bits per heavy atom. The van der Waals surface area contributed by atoms with Crippen LogP contribution in [0.25, 0.3) is 6.08 Å². The summed E-state index contributed by atoms with van der Waals surface area (Å²) < 4.78 is 10.5. The van der Waals surface area contributed by atoms with Crippen molar-refractivity contribution in [3.63, 3.8) is 0 Å². The molecule has 0 aliphatic rings. The van der Waals surface area contributed by atoms with E-state index in [2.05, 4.69) is 16.9 Å². The van der Waals surface area contributed by atoms with Crippen molar-refractivity contribution in [1.82, 2.24) is 10.3 Å². The average molecular weight is 313 g/mol. The smallest absolute Gasteiger partial charge is 0.253 e. The van der Waals surface area contributed by atoms with E-state index in [4.69, 9.17) is 15.2 Å². The summed E-state index contributed by atoms with van der Waals surface area (Å²) in [7, 11) is 3.15. The van der Waals surface area contributed by atoms with Crippen molar-refractivity contribution in [2.24, 2.45) is 0 Å². The second kappa shape index (κ2) is 7.31. The first-order chi connectivity index (χ1) is 11.1. The average Bonchev–Trinajstić information content (AvgIpc) is 2.59. The van der Waals surface area contributed by atoms with E-state index >= 15 is 0 Å². The summed E-state index contributed by atoms with van der Waals surface area (Å²) in [5.74, 6) is 1.04. The van der Waals surface area contributed by atoms with Crippen LogP contribution in [0.3, 0.4) is 0 Å². The number of nitrogens with two attached hydrogens (primary N) is 1. The maximum Gasteiger partial charge on any atom is 0.253 e. The van der Waals surface area contributed by atoms with E-state index in [1.54, 1.807) is 32.4 Å². The molecule has 3 N–H and O–H groups in total. The van der Waals surface area contributed by atoms with E-state index in [1.165, 1.54) is 12.3 Å². The number of methoxy groups -OCH3 is 2. The molecule has 0 aliphatic heterocycles. The van der Waals surface area contributed by atoms with Crippen LogP contribution >= 0.6 is 0 Å². The first-order valence-electron chi connectivity index (χ1n) is 6.96. The molecule has 0 unspecified atom stereocenters. The predicted octanol–water partition coefficient (Wildman–Crippen LogP) is 2.25. The highest BCUT2D eigenvalue weighted by Gasteiger charge is 2.13. The van der Waals surface area contributed by atoms with Gasteiger partial charge in [0.1, 0.15) is 11.5 Å². The van der Waals surface area contributed by atoms with Crippen molar-refractivity contribution >= 4 is 17.7 Å². The van der Waals surface area contributed by atoms with Gasteiger partial charge in [0.15, 0.2) is 0 Å². The quantitative estimate of drug-likeness (QED) is 0.854. The van der Waals surface area contributed by atoms with Crippen LogP contribution in [0.5, 0.6) is 11.5 Å². The molecular weight excluding hydrogens is 294 g/mol. The van der Waals surface area contributed by atoms with Gasteiger partial charge in [0, 0.05) is 24.4 Å². The molecule has 0 saturated heterocycles. The molecule has 0 spiro atoms. The van der Waals surface area contributed by atoms with Gasteiger partial charge in [0.25, 0.3) is 5.91 Å². The van der Waals surface area contributed by atoms with Gasteiger partial charge in [-0.3, -0.25) is 9.78 Å². The maximum atomic E-state index is 12.3. The van der Waals surface area contributed by atoms with Gasteiger partial charge in [-0.05, 0) is 24.3 Å². The monoisotopic (exact) mass is 313 g/mol. The van der Waals surface area contributed by atoms with Crippen LogP contribution in [-0.2, 0) is 6.54 Å². The fraction of sp³-hybridized carbons (Fsp3) is 0.176. The van der Waals surface area contributed by atoms with Crippen molar-refractivity contribution in [3.8, 4) is 11.5 Å². The molecular formula is C17H19N3O3. The number of nitrogens with zero attached hydrogens (tertiary/aromatic N) is 1. The second-order valence-electron chi connectivity index (χ2n) is 4.72. The fourth-order valence-electron chi connectivity index (χ4n) is 2.12. The minimum absolute atomic E-state index is 0.286. The van der Waals surface area contributed by atoms with Crippen LogP contribution in [0, 0.1) is 0 Å². The van der Waals surface area contributed by atoms with Gasteiger partial charge < -0.3 is 20.5 Å². The standard InChI is InChI=1S/C17H19N3O3/c1-4-14-16(18)13(7-8-19-14)17(21)20-10-11-5-6-12(22-2)9-15(11)23-3/h4-9H,1,10,18H2,2-3H3,(H,20,21). The third-order valence-electron chi connectivity index (χ3n) is 3.39. The summed E-state index contributed by atoms with van der Waals surface area (Å²) in [6.45, 7) is 3.92. The van der Waals surface area contributed by atoms with Gasteiger partial charge in [0.05, 0.1) is 31.2 Å². The number of nitrogens with one attached hydrogen (secondary N) is 1. The Hall–Kier alpha value is -3.02. The predicted molar refractivity (Wildman–Crippen MR) is 89.5 cm³/mol. The summed E-state index contributed by atoms with van der Waals surface area (Å²) in [5, 5.41) is 2.82. The zero-order chi connectivity index (χ0) is 16.8. The van der Waals surface area contributed by atoms with Crippen molar-refractivity contribution < 1.29 is 14.3 Å². The van der Waals surface area contributed by atoms with Gasteiger partial charge in [0.2, 0.25) is 0 Å². The van der Waals surface area contributed by atoms with E-state index in [0.29, 0.717) is 35.0 Å². The van der Waals surface area contributed by atoms with Gasteiger partial charge in [-0.25, -0.2) is 0 Å². The van der Waals surface area contributed by atoms with Gasteiger partial charge in [-0.2, -0.15) is 0 Å². The van der Waals surface area contributed by atoms with E-state index in [9.17, 15) is 4.79 Å². The number of amides is 1. The van der Waals surface area contributed by atoms with Crippen molar-refractivity contribution in [2.45, 2.75) is 6.54 Å². The van der Waals surface area contributed by atoms with Crippen LogP contribution in [-0.4, -0.2) is 25.1 Å². The summed E-state index contributed by atoms with van der Waals surface area (Å²) in [6, 6.07) is 6.98. The Morgan fingerprint density at radius 1 is 1.35 bits per heavy atom. The molecule has 1 amide bonds. The van der Waals surface area contributed by atoms with Crippen LogP contribution < -0.4 is 20.5 Å². The first kappa shape index (κ1) is 16.4. The number of aromatic nitrogens is 1. The lowest BCUT2D eigenvalue weighted by atomic mass is 10.1. The van der Waals surface area contributed by atoms with Crippen LogP contribution in [0.4, 0.5) is 5.69 Å². The lowest BCUT2D eigenvalue weighted by Crippen LogP contribution is -2.24. The lowest BCUT2D eigenvalue weighted by Gasteiger charge is -2.12. The molecule has 0 aliphatic carbocycles. The summed E-state index contributed by atoms with van der Waals surface area (Å²) in [4.78, 5) is 16.4. The Morgan fingerprint density at radius 3 is 2.78 bits per heavy atom. The highest BCUT2D eigenvalue weighted by molar-refractivity contribution is 6.00. The number of carbonyl (C=O) groups excluding carboxylic acids is 1. The van der Waals surface area contributed by atoms with Gasteiger partial charge in [-0.1, -0.05) is 6.58 Å². The number of nitrogen functional groups attached to an aromatic ring is 1. The van der Waals surface area contributed by atoms with Crippen LogP contribution in [0.15, 0.2) is 37.0 Å². The highest BCUT2D eigenvalue weighted by Crippen LogP contribution is 2.24. The molecule has 23 heavy (non-hydrogen) atoms. The molecule has 1 aromatic heterocycles. The van der Waals surface area contributed by atoms with Crippen molar-refractivity contribution in [2.75, 3.05) is 20.0 Å². The molecule has 2 aromatic rings. The number of anilines is 1. The Labute approximate surface area is 134 Å². The molecule has 120 valence electrons. The molecule has 0 atom stereocenters. The van der Waals surface area contributed by atoms with Crippen LogP contribution in [0.1, 0.15) is 21.6 Å². The van der Waals surface area contributed by atoms with Crippen LogP contribution in [0.2, 0.25) is 0 Å². The third kappa shape index (κ3) is 3.60. The van der Waals surface area contributed by atoms with E-state index in [0.717, 1.165) is 5.56 Å². The number of pyridine rings is 1. The Bertz CT molecular complexity index is 729. The van der Waals surface area contributed by atoms with Gasteiger partial charge >= 0.3 is 0 Å². The first-order valence-corrected chi connectivity index (χ1v) is 6.96.